The summed E-state index contributed by atoms with van der Waals surface area (Å²) in [7, 11) is 0. The zero-order chi connectivity index (χ0) is 17.8. The van der Waals surface area contributed by atoms with Crippen LogP contribution in [-0.4, -0.2) is 15.2 Å². The smallest absolute Gasteiger partial charge is 0.247 e. The van der Waals surface area contributed by atoms with Gasteiger partial charge in [0.1, 0.15) is 11.1 Å². The molecule has 2 aromatic heterocycles. The van der Waals surface area contributed by atoms with Crippen LogP contribution in [0.5, 0.6) is 0 Å². The SMILES string of the molecule is CC(C)c1ccc(C#N)c(SCc2nnc(-c3ccc(Cl)cc3)o2)n1. The van der Waals surface area contributed by atoms with Crippen LogP contribution in [0, 0.1) is 11.3 Å². The molecule has 5 nitrogen and oxygen atoms in total. The Morgan fingerprint density at radius 1 is 1.16 bits per heavy atom. The third-order valence-electron chi connectivity index (χ3n) is 3.48. The average Bonchev–Trinajstić information content (AvgIpc) is 3.09. The van der Waals surface area contributed by atoms with Crippen LogP contribution in [0.3, 0.4) is 0 Å². The molecule has 25 heavy (non-hydrogen) atoms. The van der Waals surface area contributed by atoms with Crippen molar-refractivity contribution in [2.75, 3.05) is 0 Å². The summed E-state index contributed by atoms with van der Waals surface area (Å²) in [5.41, 5.74) is 2.31. The van der Waals surface area contributed by atoms with Gasteiger partial charge in [0.25, 0.3) is 0 Å². The molecule has 0 aliphatic heterocycles. The lowest BCUT2D eigenvalue weighted by Gasteiger charge is -2.07. The molecule has 0 fully saturated rings. The predicted molar refractivity (Wildman–Crippen MR) is 97.3 cm³/mol. The van der Waals surface area contributed by atoms with E-state index in [2.05, 4.69) is 35.1 Å². The Hall–Kier alpha value is -2.36. The van der Waals surface area contributed by atoms with Crippen LogP contribution in [-0.2, 0) is 5.75 Å². The zero-order valence-electron chi connectivity index (χ0n) is 13.7. The summed E-state index contributed by atoms with van der Waals surface area (Å²) in [5.74, 6) is 1.67. The topological polar surface area (TPSA) is 75.6 Å². The van der Waals surface area contributed by atoms with Crippen molar-refractivity contribution in [3.63, 3.8) is 0 Å². The Bertz CT molecular complexity index is 916. The molecular weight excluding hydrogens is 356 g/mol. The van der Waals surface area contributed by atoms with Crippen LogP contribution in [0.1, 0.15) is 36.9 Å². The van der Waals surface area contributed by atoms with Crippen molar-refractivity contribution in [3.8, 4) is 17.5 Å². The highest BCUT2D eigenvalue weighted by Crippen LogP contribution is 2.27. The number of nitriles is 1. The number of halogens is 1. The highest BCUT2D eigenvalue weighted by atomic mass is 35.5. The molecule has 3 aromatic rings. The monoisotopic (exact) mass is 370 g/mol. The summed E-state index contributed by atoms with van der Waals surface area (Å²) in [6.07, 6.45) is 0. The van der Waals surface area contributed by atoms with Crippen molar-refractivity contribution in [3.05, 3.63) is 58.6 Å². The third kappa shape index (κ3) is 4.19. The van der Waals surface area contributed by atoms with Crippen LogP contribution in [0.25, 0.3) is 11.5 Å². The maximum absolute atomic E-state index is 9.25. The summed E-state index contributed by atoms with van der Waals surface area (Å²) < 4.78 is 5.69. The molecule has 0 N–H and O–H groups in total. The van der Waals surface area contributed by atoms with Crippen LogP contribution in [0.2, 0.25) is 5.02 Å². The van der Waals surface area contributed by atoms with Crippen LogP contribution in [0.15, 0.2) is 45.8 Å². The van der Waals surface area contributed by atoms with Crippen molar-refractivity contribution in [1.29, 1.82) is 5.26 Å². The number of nitrogens with zero attached hydrogens (tertiary/aromatic N) is 4. The standard InChI is InChI=1S/C18H15ClN4OS/c1-11(2)15-8-5-13(9-20)18(21-15)25-10-16-22-23-17(24-16)12-3-6-14(19)7-4-12/h3-8,11H,10H2,1-2H3. The molecule has 3 rings (SSSR count). The van der Waals surface area contributed by atoms with Crippen LogP contribution >= 0.6 is 23.4 Å². The van der Waals surface area contributed by atoms with E-state index in [1.807, 2.05) is 18.2 Å². The van der Waals surface area contributed by atoms with Gasteiger partial charge >= 0.3 is 0 Å². The largest absolute Gasteiger partial charge is 0.420 e. The lowest BCUT2D eigenvalue weighted by atomic mass is 10.1. The fourth-order valence-corrected chi connectivity index (χ4v) is 3.06. The van der Waals surface area contributed by atoms with Gasteiger partial charge in [0.15, 0.2) is 0 Å². The van der Waals surface area contributed by atoms with E-state index in [4.69, 9.17) is 16.0 Å². The molecule has 0 aliphatic carbocycles. The molecule has 0 spiro atoms. The minimum Gasteiger partial charge on any atom is -0.420 e. The Morgan fingerprint density at radius 2 is 1.92 bits per heavy atom. The van der Waals surface area contributed by atoms with Gasteiger partial charge in [-0.3, -0.25) is 0 Å². The molecule has 0 saturated carbocycles. The number of benzene rings is 1. The van der Waals surface area contributed by atoms with E-state index >= 15 is 0 Å². The normalized spacial score (nSPS) is 10.8. The van der Waals surface area contributed by atoms with Crippen molar-refractivity contribution >= 4 is 23.4 Å². The molecular formula is C18H15ClN4OS. The van der Waals surface area contributed by atoms with Gasteiger partial charge in [-0.25, -0.2) is 4.98 Å². The summed E-state index contributed by atoms with van der Waals surface area (Å²) in [5, 5.41) is 18.7. The molecule has 1 aromatic carbocycles. The van der Waals surface area contributed by atoms with Gasteiger partial charge in [0, 0.05) is 16.3 Å². The third-order valence-corrected chi connectivity index (χ3v) is 4.71. The minimum absolute atomic E-state index is 0.298. The summed E-state index contributed by atoms with van der Waals surface area (Å²) in [6.45, 7) is 4.14. The summed E-state index contributed by atoms with van der Waals surface area (Å²) in [6, 6.07) is 13.1. The first kappa shape index (κ1) is 17.5. The quantitative estimate of drug-likeness (QED) is 0.583. The molecule has 0 atom stereocenters. The second kappa shape index (κ2) is 7.68. The van der Waals surface area contributed by atoms with Crippen LogP contribution < -0.4 is 0 Å². The maximum Gasteiger partial charge on any atom is 0.247 e. The van der Waals surface area contributed by atoms with E-state index in [9.17, 15) is 5.26 Å². The first-order valence-electron chi connectivity index (χ1n) is 7.69. The Labute approximate surface area is 155 Å². The average molecular weight is 371 g/mol. The van der Waals surface area contributed by atoms with Crippen LogP contribution in [0.4, 0.5) is 0 Å². The lowest BCUT2D eigenvalue weighted by molar-refractivity contribution is 0.528. The summed E-state index contributed by atoms with van der Waals surface area (Å²) >= 11 is 7.30. The van der Waals surface area contributed by atoms with E-state index in [0.717, 1.165) is 11.3 Å². The number of rotatable bonds is 5. The number of pyridine rings is 1. The van der Waals surface area contributed by atoms with E-state index in [0.29, 0.717) is 39.1 Å². The maximum atomic E-state index is 9.25. The molecule has 0 aliphatic rings. The fourth-order valence-electron chi connectivity index (χ4n) is 2.12. The first-order valence-corrected chi connectivity index (χ1v) is 9.05. The minimum atomic E-state index is 0.298. The number of hydrogen-bond acceptors (Lipinski definition) is 6. The van der Waals surface area contributed by atoms with Crippen molar-refractivity contribution in [2.24, 2.45) is 0 Å². The molecule has 0 saturated heterocycles. The molecule has 0 unspecified atom stereocenters. The highest BCUT2D eigenvalue weighted by Gasteiger charge is 2.13. The van der Waals surface area contributed by atoms with Gasteiger partial charge in [-0.15, -0.1) is 10.2 Å². The van der Waals surface area contributed by atoms with Crippen molar-refractivity contribution in [2.45, 2.75) is 30.5 Å². The van der Waals surface area contributed by atoms with Gasteiger partial charge in [0.2, 0.25) is 11.8 Å². The van der Waals surface area contributed by atoms with E-state index in [1.54, 1.807) is 18.2 Å². The molecule has 0 radical (unpaired) electrons. The zero-order valence-corrected chi connectivity index (χ0v) is 15.3. The van der Waals surface area contributed by atoms with Gasteiger partial charge in [-0.05, 0) is 42.3 Å². The van der Waals surface area contributed by atoms with Gasteiger partial charge in [0.05, 0.1) is 11.3 Å². The number of thioether (sulfide) groups is 1. The van der Waals surface area contributed by atoms with Gasteiger partial charge < -0.3 is 4.42 Å². The summed E-state index contributed by atoms with van der Waals surface area (Å²) in [4.78, 5) is 4.57. The predicted octanol–water partition coefficient (Wildman–Crippen LogP) is 5.07. The van der Waals surface area contributed by atoms with Crippen molar-refractivity contribution in [1.82, 2.24) is 15.2 Å². The van der Waals surface area contributed by atoms with Gasteiger partial charge in [-0.2, -0.15) is 5.26 Å². The highest BCUT2D eigenvalue weighted by molar-refractivity contribution is 7.98. The second-order valence-electron chi connectivity index (χ2n) is 5.65. The fraction of sp³-hybridized carbons (Fsp3) is 0.222. The molecule has 7 heteroatoms. The lowest BCUT2D eigenvalue weighted by Crippen LogP contribution is -1.96. The molecule has 126 valence electrons. The van der Waals surface area contributed by atoms with E-state index in [1.165, 1.54) is 11.8 Å². The van der Waals surface area contributed by atoms with E-state index < -0.39 is 0 Å². The Kier molecular flexibility index (Phi) is 5.37. The second-order valence-corrected chi connectivity index (χ2v) is 7.05. The number of aromatic nitrogens is 3. The number of hydrogen-bond donors (Lipinski definition) is 0. The molecule has 0 bridgehead atoms. The van der Waals surface area contributed by atoms with Gasteiger partial charge in [-0.1, -0.05) is 37.2 Å². The molecule has 2 heterocycles. The Morgan fingerprint density at radius 3 is 2.60 bits per heavy atom. The Balaban J connectivity index is 1.75. The first-order chi connectivity index (χ1) is 12.1. The molecule has 0 amide bonds. The van der Waals surface area contributed by atoms with Crippen molar-refractivity contribution < 1.29 is 4.42 Å². The van der Waals surface area contributed by atoms with E-state index in [-0.39, 0.29) is 0 Å².